The van der Waals surface area contributed by atoms with Crippen molar-refractivity contribution >= 4 is 11.8 Å². The molecule has 0 aromatic heterocycles. The number of piperazine rings is 1. The van der Waals surface area contributed by atoms with Crippen LogP contribution in [0.15, 0.2) is 0 Å². The molecule has 2 amide bonds. The van der Waals surface area contributed by atoms with Gasteiger partial charge in [-0.2, -0.15) is 0 Å². The summed E-state index contributed by atoms with van der Waals surface area (Å²) in [6, 6.07) is -0.218. The fourth-order valence-electron chi connectivity index (χ4n) is 3.10. The first-order valence-corrected chi connectivity index (χ1v) is 8.64. The van der Waals surface area contributed by atoms with Crippen molar-refractivity contribution in [3.8, 4) is 0 Å². The van der Waals surface area contributed by atoms with E-state index in [1.54, 1.807) is 6.92 Å². The topological polar surface area (TPSA) is 84.9 Å². The van der Waals surface area contributed by atoms with E-state index in [1.165, 1.54) is 0 Å². The number of rotatable bonds is 7. The molecular formula is C17H34N4O3. The highest BCUT2D eigenvalue weighted by Gasteiger charge is 2.41. The Kier molecular flexibility index (Phi) is 7.19. The van der Waals surface area contributed by atoms with Gasteiger partial charge in [0.25, 0.3) is 0 Å². The quantitative estimate of drug-likeness (QED) is 0.576. The number of carbonyl (C=O) groups excluding carboxylic acids is 2. The van der Waals surface area contributed by atoms with Gasteiger partial charge in [0.15, 0.2) is 0 Å². The van der Waals surface area contributed by atoms with Gasteiger partial charge in [0, 0.05) is 43.1 Å². The molecule has 1 rings (SSSR count). The minimum absolute atomic E-state index is 0.0614. The predicted molar refractivity (Wildman–Crippen MR) is 94.1 cm³/mol. The minimum Gasteiger partial charge on any atom is -0.395 e. The molecule has 1 saturated heterocycles. The third-order valence-electron chi connectivity index (χ3n) is 4.57. The molecule has 24 heavy (non-hydrogen) atoms. The number of nitrogens with one attached hydrogen (secondary N) is 2. The van der Waals surface area contributed by atoms with Crippen LogP contribution < -0.4 is 10.9 Å². The first kappa shape index (κ1) is 20.9. The van der Waals surface area contributed by atoms with Crippen molar-refractivity contribution in [2.75, 3.05) is 39.8 Å². The number of aliphatic hydroxyl groups is 1. The summed E-state index contributed by atoms with van der Waals surface area (Å²) in [5, 5.41) is 9.01. The molecule has 140 valence electrons. The Morgan fingerprint density at radius 2 is 1.62 bits per heavy atom. The Labute approximate surface area is 145 Å². The van der Waals surface area contributed by atoms with Crippen LogP contribution in [0.2, 0.25) is 0 Å². The van der Waals surface area contributed by atoms with Crippen LogP contribution in [0.5, 0.6) is 0 Å². The lowest BCUT2D eigenvalue weighted by Crippen LogP contribution is -2.54. The normalized spacial score (nSPS) is 18.4. The van der Waals surface area contributed by atoms with Crippen molar-refractivity contribution < 1.29 is 14.7 Å². The molecule has 1 heterocycles. The molecule has 7 nitrogen and oxygen atoms in total. The standard InChI is InChI=1S/C17H34N4O3/c1-13(11-22)18-19-14(23)16(2,3)12-17(4,5)15(24)21-9-7-20(6)8-10-21/h13,18,22H,7-12H2,1-6H3,(H,19,23). The fourth-order valence-corrected chi connectivity index (χ4v) is 3.10. The number of hydrazine groups is 1. The van der Waals surface area contributed by atoms with E-state index in [-0.39, 0.29) is 24.5 Å². The molecule has 0 radical (unpaired) electrons. The van der Waals surface area contributed by atoms with Crippen molar-refractivity contribution in [1.82, 2.24) is 20.7 Å². The number of carbonyl (C=O) groups is 2. The van der Waals surface area contributed by atoms with Crippen molar-refractivity contribution in [3.63, 3.8) is 0 Å². The van der Waals surface area contributed by atoms with Gasteiger partial charge in [-0.3, -0.25) is 15.0 Å². The first-order valence-electron chi connectivity index (χ1n) is 8.64. The van der Waals surface area contributed by atoms with Crippen LogP contribution in [-0.4, -0.2) is 72.6 Å². The third kappa shape index (κ3) is 5.72. The molecule has 1 atom stereocenters. The molecule has 1 fully saturated rings. The maximum absolute atomic E-state index is 12.9. The summed E-state index contributed by atoms with van der Waals surface area (Å²) in [6.45, 7) is 12.5. The van der Waals surface area contributed by atoms with Crippen LogP contribution in [0.25, 0.3) is 0 Å². The first-order chi connectivity index (χ1) is 11.0. The smallest absolute Gasteiger partial charge is 0.239 e. The highest BCUT2D eigenvalue weighted by molar-refractivity contribution is 5.85. The second-order valence-corrected chi connectivity index (χ2v) is 8.22. The summed E-state index contributed by atoms with van der Waals surface area (Å²) in [5.41, 5.74) is 4.10. The van der Waals surface area contributed by atoms with Crippen molar-refractivity contribution in [3.05, 3.63) is 0 Å². The lowest BCUT2D eigenvalue weighted by molar-refractivity contribution is -0.145. The average Bonchev–Trinajstić information content (AvgIpc) is 2.51. The summed E-state index contributed by atoms with van der Waals surface area (Å²) in [5.74, 6) is -0.0739. The molecule has 0 saturated carbocycles. The highest BCUT2D eigenvalue weighted by Crippen LogP contribution is 2.35. The van der Waals surface area contributed by atoms with Gasteiger partial charge < -0.3 is 14.9 Å². The van der Waals surface area contributed by atoms with Gasteiger partial charge in [-0.25, -0.2) is 5.43 Å². The third-order valence-corrected chi connectivity index (χ3v) is 4.57. The molecule has 0 spiro atoms. The SMILES string of the molecule is CC(CO)NNC(=O)C(C)(C)CC(C)(C)C(=O)N1CCN(C)CC1. The van der Waals surface area contributed by atoms with Crippen LogP contribution in [0.1, 0.15) is 41.0 Å². The number of nitrogens with zero attached hydrogens (tertiary/aromatic N) is 2. The zero-order valence-electron chi connectivity index (χ0n) is 16.0. The zero-order chi connectivity index (χ0) is 18.5. The Balaban J connectivity index is 2.65. The molecule has 1 unspecified atom stereocenters. The van der Waals surface area contributed by atoms with E-state index in [9.17, 15) is 9.59 Å². The summed E-state index contributed by atoms with van der Waals surface area (Å²) in [4.78, 5) is 29.4. The summed E-state index contributed by atoms with van der Waals surface area (Å²) in [7, 11) is 2.06. The molecule has 1 aliphatic rings. The Hall–Kier alpha value is -1.18. The predicted octanol–water partition coefficient (Wildman–Crippen LogP) is 0.205. The van der Waals surface area contributed by atoms with Gasteiger partial charge in [-0.05, 0) is 20.4 Å². The van der Waals surface area contributed by atoms with E-state index in [2.05, 4.69) is 22.8 Å². The lowest BCUT2D eigenvalue weighted by Gasteiger charge is -2.40. The largest absolute Gasteiger partial charge is 0.395 e. The van der Waals surface area contributed by atoms with Crippen molar-refractivity contribution in [2.24, 2.45) is 10.8 Å². The van der Waals surface area contributed by atoms with Gasteiger partial charge >= 0.3 is 0 Å². The molecule has 0 bridgehead atoms. The molecule has 0 aromatic rings. The molecule has 0 aromatic carbocycles. The van der Waals surface area contributed by atoms with Crippen molar-refractivity contribution in [1.29, 1.82) is 0 Å². The van der Waals surface area contributed by atoms with Gasteiger partial charge in [0.05, 0.1) is 6.61 Å². The van der Waals surface area contributed by atoms with E-state index in [0.29, 0.717) is 6.42 Å². The van der Waals surface area contributed by atoms with E-state index >= 15 is 0 Å². The van der Waals surface area contributed by atoms with E-state index in [4.69, 9.17) is 5.11 Å². The second kappa shape index (κ2) is 8.27. The van der Waals surface area contributed by atoms with Crippen LogP contribution in [0.3, 0.4) is 0 Å². The Bertz CT molecular complexity index is 443. The zero-order valence-corrected chi connectivity index (χ0v) is 16.0. The van der Waals surface area contributed by atoms with E-state index in [1.807, 2.05) is 32.6 Å². The van der Waals surface area contributed by atoms with Gasteiger partial charge in [-0.1, -0.05) is 27.7 Å². The molecule has 0 aliphatic carbocycles. The highest BCUT2D eigenvalue weighted by atomic mass is 16.3. The molecule has 3 N–H and O–H groups in total. The summed E-state index contributed by atoms with van der Waals surface area (Å²) >= 11 is 0. The van der Waals surface area contributed by atoms with E-state index < -0.39 is 10.8 Å². The Morgan fingerprint density at radius 1 is 1.08 bits per heavy atom. The van der Waals surface area contributed by atoms with Crippen molar-refractivity contribution in [2.45, 2.75) is 47.1 Å². The monoisotopic (exact) mass is 342 g/mol. The minimum atomic E-state index is -0.700. The number of hydrogen-bond acceptors (Lipinski definition) is 5. The lowest BCUT2D eigenvalue weighted by atomic mass is 9.73. The molecule has 7 heteroatoms. The number of hydrogen-bond donors (Lipinski definition) is 3. The number of amides is 2. The van der Waals surface area contributed by atoms with Gasteiger partial charge in [-0.15, -0.1) is 0 Å². The van der Waals surface area contributed by atoms with Crippen LogP contribution in [0, 0.1) is 10.8 Å². The number of likely N-dealkylation sites (N-methyl/N-ethyl adjacent to an activating group) is 1. The molecular weight excluding hydrogens is 308 g/mol. The van der Waals surface area contributed by atoms with Gasteiger partial charge in [0.1, 0.15) is 0 Å². The second-order valence-electron chi connectivity index (χ2n) is 8.22. The summed E-state index contributed by atoms with van der Waals surface area (Å²) in [6.07, 6.45) is 0.451. The molecule has 1 aliphatic heterocycles. The average molecular weight is 342 g/mol. The van der Waals surface area contributed by atoms with Crippen LogP contribution in [-0.2, 0) is 9.59 Å². The van der Waals surface area contributed by atoms with Gasteiger partial charge in [0.2, 0.25) is 11.8 Å². The fraction of sp³-hybridized carbons (Fsp3) is 0.882. The number of aliphatic hydroxyl groups excluding tert-OH is 1. The van der Waals surface area contributed by atoms with E-state index in [0.717, 1.165) is 26.2 Å². The van der Waals surface area contributed by atoms with Crippen LogP contribution in [0.4, 0.5) is 0 Å². The Morgan fingerprint density at radius 3 is 2.12 bits per heavy atom. The summed E-state index contributed by atoms with van der Waals surface area (Å²) < 4.78 is 0. The van der Waals surface area contributed by atoms with Crippen LogP contribution >= 0.6 is 0 Å². The maximum atomic E-state index is 12.9. The maximum Gasteiger partial charge on any atom is 0.239 e.